The van der Waals surface area contributed by atoms with Gasteiger partial charge in [-0.25, -0.2) is 0 Å². The van der Waals surface area contributed by atoms with Crippen molar-refractivity contribution in [1.82, 2.24) is 4.90 Å². The molecule has 0 bridgehead atoms. The standard InChI is InChI=1S/C16H21NO4/c1-3-12-4-6-13(7-5-12)21-10-15(18)17-8-11(2)14(9-17)16(19)20/h4-7,11,14H,3,8-10H2,1-2H3,(H,19,20)/t11-,14-/m1/s1. The Kier molecular flexibility index (Phi) is 4.83. The molecule has 1 amide bonds. The largest absolute Gasteiger partial charge is 0.484 e. The van der Waals surface area contributed by atoms with Gasteiger partial charge >= 0.3 is 5.97 Å². The molecule has 1 N–H and O–H groups in total. The highest BCUT2D eigenvalue weighted by Crippen LogP contribution is 2.23. The number of carboxylic acid groups (broad SMARTS) is 1. The molecule has 1 aliphatic rings. The Balaban J connectivity index is 1.86. The topological polar surface area (TPSA) is 66.8 Å². The van der Waals surface area contributed by atoms with Crippen molar-refractivity contribution in [2.24, 2.45) is 11.8 Å². The molecule has 1 aromatic rings. The monoisotopic (exact) mass is 291 g/mol. The quantitative estimate of drug-likeness (QED) is 0.898. The third-order valence-electron chi connectivity index (χ3n) is 3.98. The van der Waals surface area contributed by atoms with Crippen LogP contribution in [0.25, 0.3) is 0 Å². The molecular weight excluding hydrogens is 270 g/mol. The van der Waals surface area contributed by atoms with Crippen LogP contribution < -0.4 is 4.74 Å². The van der Waals surface area contributed by atoms with Crippen molar-refractivity contribution in [3.8, 4) is 5.75 Å². The van der Waals surface area contributed by atoms with E-state index in [-0.39, 0.29) is 25.0 Å². The van der Waals surface area contributed by atoms with Crippen LogP contribution in [-0.4, -0.2) is 41.6 Å². The van der Waals surface area contributed by atoms with Gasteiger partial charge < -0.3 is 14.7 Å². The Labute approximate surface area is 124 Å². The number of nitrogens with zero attached hydrogens (tertiary/aromatic N) is 1. The number of carbonyl (C=O) groups excluding carboxylic acids is 1. The predicted octanol–water partition coefficient (Wildman–Crippen LogP) is 1.81. The second-order valence-electron chi connectivity index (χ2n) is 5.51. The first-order valence-corrected chi connectivity index (χ1v) is 7.23. The van der Waals surface area contributed by atoms with E-state index in [1.807, 2.05) is 31.2 Å². The van der Waals surface area contributed by atoms with Gasteiger partial charge in [-0.1, -0.05) is 26.0 Å². The lowest BCUT2D eigenvalue weighted by molar-refractivity contribution is -0.142. The van der Waals surface area contributed by atoms with Crippen LogP contribution in [0.3, 0.4) is 0 Å². The zero-order valence-corrected chi connectivity index (χ0v) is 12.4. The Hall–Kier alpha value is -2.04. The lowest BCUT2D eigenvalue weighted by atomic mass is 9.99. The summed E-state index contributed by atoms with van der Waals surface area (Å²) in [7, 11) is 0. The maximum absolute atomic E-state index is 12.1. The van der Waals surface area contributed by atoms with Crippen molar-refractivity contribution in [2.45, 2.75) is 20.3 Å². The fourth-order valence-electron chi connectivity index (χ4n) is 2.55. The Morgan fingerprint density at radius 3 is 2.48 bits per heavy atom. The van der Waals surface area contributed by atoms with E-state index in [4.69, 9.17) is 9.84 Å². The van der Waals surface area contributed by atoms with Crippen LogP contribution in [0, 0.1) is 11.8 Å². The van der Waals surface area contributed by atoms with Crippen LogP contribution in [0.4, 0.5) is 0 Å². The number of carboxylic acids is 1. The molecule has 0 aliphatic carbocycles. The lowest BCUT2D eigenvalue weighted by Gasteiger charge is -2.16. The lowest BCUT2D eigenvalue weighted by Crippen LogP contribution is -2.33. The number of ether oxygens (including phenoxy) is 1. The molecule has 2 rings (SSSR count). The molecule has 0 radical (unpaired) electrons. The maximum atomic E-state index is 12.1. The summed E-state index contributed by atoms with van der Waals surface area (Å²) < 4.78 is 5.47. The van der Waals surface area contributed by atoms with Gasteiger partial charge in [-0.05, 0) is 30.0 Å². The van der Waals surface area contributed by atoms with Crippen LogP contribution >= 0.6 is 0 Å². The normalized spacial score (nSPS) is 21.3. The van der Waals surface area contributed by atoms with Gasteiger partial charge in [0.2, 0.25) is 0 Å². The molecule has 1 fully saturated rings. The first-order valence-electron chi connectivity index (χ1n) is 7.23. The molecule has 0 saturated carbocycles. The molecular formula is C16H21NO4. The number of aliphatic carboxylic acids is 1. The van der Waals surface area contributed by atoms with E-state index in [9.17, 15) is 9.59 Å². The van der Waals surface area contributed by atoms with Gasteiger partial charge in [0.1, 0.15) is 5.75 Å². The van der Waals surface area contributed by atoms with Crippen molar-refractivity contribution in [2.75, 3.05) is 19.7 Å². The molecule has 0 spiro atoms. The minimum Gasteiger partial charge on any atom is -0.484 e. The van der Waals surface area contributed by atoms with Crippen molar-refractivity contribution in [3.05, 3.63) is 29.8 Å². The summed E-state index contributed by atoms with van der Waals surface area (Å²) in [6.07, 6.45) is 0.960. The number of amides is 1. The van der Waals surface area contributed by atoms with Crippen LogP contribution in [0.2, 0.25) is 0 Å². The third-order valence-corrected chi connectivity index (χ3v) is 3.98. The highest BCUT2D eigenvalue weighted by Gasteiger charge is 2.36. The van der Waals surface area contributed by atoms with Gasteiger partial charge in [0.05, 0.1) is 5.92 Å². The summed E-state index contributed by atoms with van der Waals surface area (Å²) in [6.45, 7) is 4.63. The third kappa shape index (κ3) is 3.74. The fraction of sp³-hybridized carbons (Fsp3) is 0.500. The number of likely N-dealkylation sites (tertiary alicyclic amines) is 1. The Morgan fingerprint density at radius 1 is 1.29 bits per heavy atom. The van der Waals surface area contributed by atoms with Gasteiger partial charge in [0.15, 0.2) is 6.61 Å². The number of hydrogen-bond acceptors (Lipinski definition) is 3. The van der Waals surface area contributed by atoms with Crippen LogP contribution in [0.5, 0.6) is 5.75 Å². The number of benzene rings is 1. The minimum absolute atomic E-state index is 0.0183. The second kappa shape index (κ2) is 6.61. The summed E-state index contributed by atoms with van der Waals surface area (Å²) in [5.74, 6) is -0.838. The molecule has 1 heterocycles. The molecule has 5 heteroatoms. The highest BCUT2D eigenvalue weighted by atomic mass is 16.5. The maximum Gasteiger partial charge on any atom is 0.308 e. The van der Waals surface area contributed by atoms with E-state index in [0.717, 1.165) is 6.42 Å². The van der Waals surface area contributed by atoms with Gasteiger partial charge in [-0.3, -0.25) is 9.59 Å². The molecule has 1 saturated heterocycles. The molecule has 1 aliphatic heterocycles. The summed E-state index contributed by atoms with van der Waals surface area (Å²) >= 11 is 0. The summed E-state index contributed by atoms with van der Waals surface area (Å²) in [4.78, 5) is 24.7. The summed E-state index contributed by atoms with van der Waals surface area (Å²) in [5.41, 5.74) is 1.21. The van der Waals surface area contributed by atoms with E-state index in [1.54, 1.807) is 4.90 Å². The smallest absolute Gasteiger partial charge is 0.308 e. The minimum atomic E-state index is -0.839. The number of hydrogen-bond donors (Lipinski definition) is 1. The van der Waals surface area contributed by atoms with Gasteiger partial charge in [0.25, 0.3) is 5.91 Å². The Bertz CT molecular complexity index is 512. The van der Waals surface area contributed by atoms with Crippen molar-refractivity contribution in [1.29, 1.82) is 0 Å². The predicted molar refractivity (Wildman–Crippen MR) is 78.2 cm³/mol. The van der Waals surface area contributed by atoms with E-state index in [2.05, 4.69) is 6.92 Å². The van der Waals surface area contributed by atoms with Gasteiger partial charge in [0, 0.05) is 13.1 Å². The number of aryl methyl sites for hydroxylation is 1. The summed E-state index contributed by atoms with van der Waals surface area (Å²) in [6, 6.07) is 7.63. The SMILES string of the molecule is CCc1ccc(OCC(=O)N2C[C@@H](C)[C@H](C(=O)O)C2)cc1. The molecule has 0 unspecified atom stereocenters. The van der Waals surface area contributed by atoms with Crippen molar-refractivity contribution < 1.29 is 19.4 Å². The van der Waals surface area contributed by atoms with E-state index >= 15 is 0 Å². The molecule has 1 aromatic carbocycles. The van der Waals surface area contributed by atoms with Gasteiger partial charge in [-0.2, -0.15) is 0 Å². The van der Waals surface area contributed by atoms with Crippen LogP contribution in [0.15, 0.2) is 24.3 Å². The first kappa shape index (κ1) is 15.4. The number of rotatable bonds is 5. The fourth-order valence-corrected chi connectivity index (χ4v) is 2.55. The zero-order valence-electron chi connectivity index (χ0n) is 12.4. The highest BCUT2D eigenvalue weighted by molar-refractivity contribution is 5.80. The van der Waals surface area contributed by atoms with E-state index < -0.39 is 11.9 Å². The average molecular weight is 291 g/mol. The van der Waals surface area contributed by atoms with E-state index in [1.165, 1.54) is 5.56 Å². The molecule has 2 atom stereocenters. The number of carbonyl (C=O) groups is 2. The van der Waals surface area contributed by atoms with E-state index in [0.29, 0.717) is 12.3 Å². The Morgan fingerprint density at radius 2 is 1.95 bits per heavy atom. The summed E-state index contributed by atoms with van der Waals surface area (Å²) in [5, 5.41) is 9.07. The molecule has 5 nitrogen and oxygen atoms in total. The molecule has 21 heavy (non-hydrogen) atoms. The molecule has 114 valence electrons. The van der Waals surface area contributed by atoms with Crippen molar-refractivity contribution >= 4 is 11.9 Å². The average Bonchev–Trinajstić information content (AvgIpc) is 2.87. The van der Waals surface area contributed by atoms with Crippen LogP contribution in [-0.2, 0) is 16.0 Å². The van der Waals surface area contributed by atoms with Gasteiger partial charge in [-0.15, -0.1) is 0 Å². The molecule has 0 aromatic heterocycles. The van der Waals surface area contributed by atoms with Crippen LogP contribution in [0.1, 0.15) is 19.4 Å². The van der Waals surface area contributed by atoms with Crippen molar-refractivity contribution in [3.63, 3.8) is 0 Å². The second-order valence-corrected chi connectivity index (χ2v) is 5.51. The first-order chi connectivity index (χ1) is 10.0. The zero-order chi connectivity index (χ0) is 15.4.